The summed E-state index contributed by atoms with van der Waals surface area (Å²) in [5, 5.41) is 16.1. The van der Waals surface area contributed by atoms with E-state index in [1.807, 2.05) is 19.1 Å². The molecule has 1 saturated heterocycles. The molecule has 0 bridgehead atoms. The number of carbonyl (C=O) groups is 1. The molecular formula is C16H24N2O2. The average molecular weight is 276 g/mol. The molecule has 0 aliphatic carbocycles. The average Bonchev–Trinajstić information content (AvgIpc) is 2.44. The minimum absolute atomic E-state index is 0.0208. The second-order valence-electron chi connectivity index (χ2n) is 5.79. The smallest absolute Gasteiger partial charge is 0.231 e. The highest BCUT2D eigenvalue weighted by molar-refractivity contribution is 5.96. The van der Waals surface area contributed by atoms with Crippen molar-refractivity contribution in [2.75, 3.05) is 18.4 Å². The van der Waals surface area contributed by atoms with Crippen LogP contribution in [-0.2, 0) is 4.79 Å². The first-order valence-corrected chi connectivity index (χ1v) is 7.39. The molecule has 0 aromatic heterocycles. The molecule has 2 rings (SSSR count). The molecule has 110 valence electrons. The van der Waals surface area contributed by atoms with E-state index in [0.717, 1.165) is 44.3 Å². The van der Waals surface area contributed by atoms with Crippen molar-refractivity contribution in [3.8, 4) is 5.75 Å². The van der Waals surface area contributed by atoms with Gasteiger partial charge in [0.25, 0.3) is 0 Å². The molecule has 1 amide bonds. The molecular weight excluding hydrogens is 252 g/mol. The molecule has 1 aromatic carbocycles. The second-order valence-corrected chi connectivity index (χ2v) is 5.79. The summed E-state index contributed by atoms with van der Waals surface area (Å²) in [5.41, 5.74) is 1.18. The number of carbonyl (C=O) groups excluding carboxylic acids is 1. The minimum Gasteiger partial charge on any atom is -0.506 e. The third-order valence-corrected chi connectivity index (χ3v) is 4.08. The van der Waals surface area contributed by atoms with E-state index in [0.29, 0.717) is 5.69 Å². The van der Waals surface area contributed by atoms with Crippen LogP contribution in [0.4, 0.5) is 5.69 Å². The first-order valence-electron chi connectivity index (χ1n) is 7.39. The van der Waals surface area contributed by atoms with Gasteiger partial charge in [-0.1, -0.05) is 19.4 Å². The van der Waals surface area contributed by atoms with Gasteiger partial charge in [0, 0.05) is 6.54 Å². The van der Waals surface area contributed by atoms with Crippen molar-refractivity contribution in [2.24, 2.45) is 5.41 Å². The normalized spacial score (nSPS) is 22.5. The standard InChI is InChI=1S/C16H24N2O2/c1-3-7-16(8-4-9-17-11-16)15(20)18-13-10-12(2)5-6-14(13)19/h5-6,10,17,19H,3-4,7-9,11H2,1-2H3,(H,18,20). The molecule has 1 heterocycles. The number of nitrogens with one attached hydrogen (secondary N) is 2. The molecule has 1 fully saturated rings. The topological polar surface area (TPSA) is 61.4 Å². The number of phenols is 1. The summed E-state index contributed by atoms with van der Waals surface area (Å²) in [4.78, 5) is 12.7. The van der Waals surface area contributed by atoms with Gasteiger partial charge >= 0.3 is 0 Å². The van der Waals surface area contributed by atoms with E-state index in [4.69, 9.17) is 0 Å². The number of amides is 1. The number of hydrogen-bond acceptors (Lipinski definition) is 3. The lowest BCUT2D eigenvalue weighted by atomic mass is 9.76. The van der Waals surface area contributed by atoms with E-state index in [9.17, 15) is 9.90 Å². The largest absolute Gasteiger partial charge is 0.506 e. The van der Waals surface area contributed by atoms with Crippen molar-refractivity contribution in [1.29, 1.82) is 0 Å². The zero-order valence-corrected chi connectivity index (χ0v) is 12.3. The van der Waals surface area contributed by atoms with Crippen LogP contribution in [0.2, 0.25) is 0 Å². The maximum Gasteiger partial charge on any atom is 0.231 e. The molecule has 4 heteroatoms. The molecule has 1 aromatic rings. The molecule has 3 N–H and O–H groups in total. The fraction of sp³-hybridized carbons (Fsp3) is 0.562. The predicted molar refractivity (Wildman–Crippen MR) is 80.9 cm³/mol. The summed E-state index contributed by atoms with van der Waals surface area (Å²) in [6, 6.07) is 5.26. The van der Waals surface area contributed by atoms with Gasteiger partial charge in [-0.05, 0) is 50.4 Å². The van der Waals surface area contributed by atoms with Gasteiger partial charge in [-0.25, -0.2) is 0 Å². The van der Waals surface area contributed by atoms with Crippen molar-refractivity contribution in [3.63, 3.8) is 0 Å². The van der Waals surface area contributed by atoms with Crippen LogP contribution in [0.3, 0.4) is 0 Å². The Labute approximate surface area is 120 Å². The molecule has 1 aliphatic heterocycles. The van der Waals surface area contributed by atoms with Crippen molar-refractivity contribution in [2.45, 2.75) is 39.5 Å². The first kappa shape index (κ1) is 14.9. The third kappa shape index (κ3) is 3.12. The Morgan fingerprint density at radius 3 is 2.95 bits per heavy atom. The SMILES string of the molecule is CCCC1(C(=O)Nc2cc(C)ccc2O)CCCNC1. The van der Waals surface area contributed by atoms with E-state index in [1.54, 1.807) is 6.07 Å². The van der Waals surface area contributed by atoms with Crippen LogP contribution in [-0.4, -0.2) is 24.1 Å². The summed E-state index contributed by atoms with van der Waals surface area (Å²) in [6.07, 6.45) is 3.78. The van der Waals surface area contributed by atoms with Crippen LogP contribution in [0.1, 0.15) is 38.2 Å². The summed E-state index contributed by atoms with van der Waals surface area (Å²) < 4.78 is 0. The van der Waals surface area contributed by atoms with E-state index in [2.05, 4.69) is 17.6 Å². The number of aromatic hydroxyl groups is 1. The Bertz CT molecular complexity index is 474. The zero-order chi connectivity index (χ0) is 14.6. The third-order valence-electron chi connectivity index (χ3n) is 4.08. The Hall–Kier alpha value is -1.55. The first-order chi connectivity index (χ1) is 9.57. The highest BCUT2D eigenvalue weighted by Gasteiger charge is 2.38. The lowest BCUT2D eigenvalue weighted by Crippen LogP contribution is -2.48. The lowest BCUT2D eigenvalue weighted by molar-refractivity contribution is -0.127. The number of rotatable bonds is 4. The van der Waals surface area contributed by atoms with E-state index < -0.39 is 0 Å². The quantitative estimate of drug-likeness (QED) is 0.741. The number of piperidine rings is 1. The molecule has 0 radical (unpaired) electrons. The van der Waals surface area contributed by atoms with Gasteiger partial charge in [-0.3, -0.25) is 4.79 Å². The maximum absolute atomic E-state index is 12.7. The number of benzene rings is 1. The summed E-state index contributed by atoms with van der Waals surface area (Å²) in [7, 11) is 0. The van der Waals surface area contributed by atoms with Crippen LogP contribution in [0.5, 0.6) is 5.75 Å². The second kappa shape index (κ2) is 6.27. The highest BCUT2D eigenvalue weighted by Crippen LogP contribution is 2.34. The molecule has 1 atom stereocenters. The summed E-state index contributed by atoms with van der Waals surface area (Å²) in [5.74, 6) is 0.145. The monoisotopic (exact) mass is 276 g/mol. The zero-order valence-electron chi connectivity index (χ0n) is 12.3. The van der Waals surface area contributed by atoms with E-state index >= 15 is 0 Å². The molecule has 4 nitrogen and oxygen atoms in total. The van der Waals surface area contributed by atoms with E-state index in [1.165, 1.54) is 0 Å². The van der Waals surface area contributed by atoms with E-state index in [-0.39, 0.29) is 17.1 Å². The van der Waals surface area contributed by atoms with Gasteiger partial charge in [-0.15, -0.1) is 0 Å². The molecule has 0 spiro atoms. The van der Waals surface area contributed by atoms with Crippen molar-refractivity contribution in [1.82, 2.24) is 5.32 Å². The predicted octanol–water partition coefficient (Wildman–Crippen LogP) is 2.81. The van der Waals surface area contributed by atoms with Crippen molar-refractivity contribution >= 4 is 11.6 Å². The Balaban J connectivity index is 2.18. The fourth-order valence-corrected chi connectivity index (χ4v) is 2.97. The van der Waals surface area contributed by atoms with Crippen LogP contribution < -0.4 is 10.6 Å². The summed E-state index contributed by atoms with van der Waals surface area (Å²) >= 11 is 0. The van der Waals surface area contributed by atoms with Crippen LogP contribution >= 0.6 is 0 Å². The Kier molecular flexibility index (Phi) is 4.65. The Morgan fingerprint density at radius 1 is 1.50 bits per heavy atom. The van der Waals surface area contributed by atoms with Crippen LogP contribution in [0.25, 0.3) is 0 Å². The van der Waals surface area contributed by atoms with Gasteiger partial charge in [0.05, 0.1) is 11.1 Å². The van der Waals surface area contributed by atoms with Crippen molar-refractivity contribution in [3.05, 3.63) is 23.8 Å². The minimum atomic E-state index is -0.344. The molecule has 20 heavy (non-hydrogen) atoms. The number of phenolic OH excluding ortho intramolecular Hbond substituents is 1. The maximum atomic E-state index is 12.7. The van der Waals surface area contributed by atoms with Crippen LogP contribution in [0.15, 0.2) is 18.2 Å². The molecule has 1 unspecified atom stereocenters. The highest BCUT2D eigenvalue weighted by atomic mass is 16.3. The van der Waals surface area contributed by atoms with Crippen LogP contribution in [0, 0.1) is 12.3 Å². The Morgan fingerprint density at radius 2 is 2.30 bits per heavy atom. The van der Waals surface area contributed by atoms with Gasteiger partial charge in [-0.2, -0.15) is 0 Å². The number of hydrogen-bond donors (Lipinski definition) is 3. The number of anilines is 1. The fourth-order valence-electron chi connectivity index (χ4n) is 2.97. The van der Waals surface area contributed by atoms with Gasteiger partial charge in [0.15, 0.2) is 0 Å². The summed E-state index contributed by atoms with van der Waals surface area (Å²) in [6.45, 7) is 5.75. The van der Waals surface area contributed by atoms with Gasteiger partial charge in [0.2, 0.25) is 5.91 Å². The van der Waals surface area contributed by atoms with Gasteiger partial charge < -0.3 is 15.7 Å². The molecule has 0 saturated carbocycles. The number of aryl methyl sites for hydroxylation is 1. The van der Waals surface area contributed by atoms with Crippen molar-refractivity contribution < 1.29 is 9.90 Å². The van der Waals surface area contributed by atoms with Gasteiger partial charge in [0.1, 0.15) is 5.75 Å². The lowest BCUT2D eigenvalue weighted by Gasteiger charge is -2.36. The molecule has 1 aliphatic rings.